The van der Waals surface area contributed by atoms with Gasteiger partial charge in [0.05, 0.1) is 19.3 Å². The predicted octanol–water partition coefficient (Wildman–Crippen LogP) is 2.77. The summed E-state index contributed by atoms with van der Waals surface area (Å²) < 4.78 is 11.0. The summed E-state index contributed by atoms with van der Waals surface area (Å²) in [6.07, 6.45) is 1.55. The Morgan fingerprint density at radius 1 is 1.35 bits per heavy atom. The lowest BCUT2D eigenvalue weighted by molar-refractivity contribution is -0.126. The predicted molar refractivity (Wildman–Crippen MR) is 95.4 cm³/mol. The second-order valence-corrected chi connectivity index (χ2v) is 5.94. The molecule has 0 saturated heterocycles. The molecule has 0 heterocycles. The molecule has 1 rings (SSSR count). The van der Waals surface area contributed by atoms with Crippen molar-refractivity contribution in [2.75, 3.05) is 20.3 Å². The van der Waals surface area contributed by atoms with E-state index in [1.54, 1.807) is 14.0 Å². The third-order valence-electron chi connectivity index (χ3n) is 3.49. The zero-order chi connectivity index (χ0) is 16.6. The highest BCUT2D eigenvalue weighted by molar-refractivity contribution is 5.85. The van der Waals surface area contributed by atoms with Crippen molar-refractivity contribution in [2.24, 2.45) is 11.7 Å². The number of hydrogen-bond donors (Lipinski definition) is 2. The molecule has 1 aromatic carbocycles. The molecule has 0 spiro atoms. The molecule has 0 saturated carbocycles. The molecule has 6 heteroatoms. The summed E-state index contributed by atoms with van der Waals surface area (Å²) in [5.41, 5.74) is 5.19. The van der Waals surface area contributed by atoms with Crippen LogP contribution in [0.1, 0.15) is 33.6 Å². The van der Waals surface area contributed by atoms with Crippen LogP contribution in [0, 0.1) is 5.92 Å². The van der Waals surface area contributed by atoms with E-state index in [4.69, 9.17) is 15.2 Å². The van der Waals surface area contributed by atoms with Crippen molar-refractivity contribution in [1.29, 1.82) is 0 Å². The summed E-state index contributed by atoms with van der Waals surface area (Å²) in [6.45, 7) is 6.83. The number of ether oxygens (including phenoxy) is 2. The first-order chi connectivity index (χ1) is 10.4. The summed E-state index contributed by atoms with van der Waals surface area (Å²) in [6, 6.07) is 7.51. The van der Waals surface area contributed by atoms with E-state index >= 15 is 0 Å². The molecule has 1 amide bonds. The van der Waals surface area contributed by atoms with E-state index in [2.05, 4.69) is 5.32 Å². The molecular weight excluding hydrogens is 316 g/mol. The van der Waals surface area contributed by atoms with Crippen LogP contribution < -0.4 is 20.5 Å². The maximum absolute atomic E-state index is 12.0. The second kappa shape index (κ2) is 10.3. The van der Waals surface area contributed by atoms with Gasteiger partial charge in [-0.3, -0.25) is 4.79 Å². The van der Waals surface area contributed by atoms with Crippen molar-refractivity contribution in [1.82, 2.24) is 5.32 Å². The Morgan fingerprint density at radius 2 is 1.96 bits per heavy atom. The average molecular weight is 345 g/mol. The van der Waals surface area contributed by atoms with E-state index in [9.17, 15) is 4.79 Å². The van der Waals surface area contributed by atoms with Crippen LogP contribution in [0.5, 0.6) is 11.5 Å². The van der Waals surface area contributed by atoms with Gasteiger partial charge in [-0.1, -0.05) is 32.4 Å². The topological polar surface area (TPSA) is 73.6 Å². The van der Waals surface area contributed by atoms with Crippen LogP contribution in [0.15, 0.2) is 24.3 Å². The average Bonchev–Trinajstić information content (AvgIpc) is 2.50. The zero-order valence-electron chi connectivity index (χ0n) is 14.4. The Hall–Kier alpha value is -1.46. The Morgan fingerprint density at radius 3 is 2.52 bits per heavy atom. The van der Waals surface area contributed by atoms with Gasteiger partial charge in [0.15, 0.2) is 11.5 Å². The van der Waals surface area contributed by atoms with Crippen molar-refractivity contribution in [3.8, 4) is 11.5 Å². The number of carbonyl (C=O) groups is 1. The van der Waals surface area contributed by atoms with Crippen LogP contribution in [0.2, 0.25) is 0 Å². The van der Waals surface area contributed by atoms with Gasteiger partial charge in [0.2, 0.25) is 5.91 Å². The Kier molecular flexibility index (Phi) is 9.68. The Labute approximate surface area is 145 Å². The highest BCUT2D eigenvalue weighted by atomic mass is 35.5. The highest BCUT2D eigenvalue weighted by Gasteiger charge is 2.27. The molecule has 0 fully saturated rings. The van der Waals surface area contributed by atoms with Crippen LogP contribution in [0.4, 0.5) is 0 Å². The number of amides is 1. The van der Waals surface area contributed by atoms with Gasteiger partial charge in [0.1, 0.15) is 0 Å². The molecule has 1 aromatic rings. The van der Waals surface area contributed by atoms with Crippen molar-refractivity contribution < 1.29 is 14.3 Å². The molecule has 3 N–H and O–H groups in total. The van der Waals surface area contributed by atoms with E-state index in [-0.39, 0.29) is 24.2 Å². The van der Waals surface area contributed by atoms with Crippen LogP contribution in [-0.2, 0) is 4.79 Å². The minimum Gasteiger partial charge on any atom is -0.493 e. The fourth-order valence-electron chi connectivity index (χ4n) is 2.13. The number of carbonyl (C=O) groups excluding carboxylic acids is 1. The number of rotatable bonds is 9. The van der Waals surface area contributed by atoms with Crippen LogP contribution >= 0.6 is 12.4 Å². The van der Waals surface area contributed by atoms with E-state index in [0.717, 1.165) is 6.42 Å². The standard InChI is InChI=1S/C17H28N2O3.ClH/c1-5-10-17(3,18)16(20)19-11-13(2)12-22-15-9-7-6-8-14(15)21-4;/h6-9,13H,5,10-12,18H2,1-4H3,(H,19,20);1H. The van der Waals surface area contributed by atoms with Gasteiger partial charge < -0.3 is 20.5 Å². The van der Waals surface area contributed by atoms with Gasteiger partial charge in [0.25, 0.3) is 0 Å². The summed E-state index contributed by atoms with van der Waals surface area (Å²) in [4.78, 5) is 12.0. The van der Waals surface area contributed by atoms with Gasteiger partial charge in [-0.15, -0.1) is 12.4 Å². The second-order valence-electron chi connectivity index (χ2n) is 5.94. The van der Waals surface area contributed by atoms with E-state index < -0.39 is 5.54 Å². The maximum Gasteiger partial charge on any atom is 0.239 e. The van der Waals surface area contributed by atoms with E-state index in [1.807, 2.05) is 38.1 Å². The quantitative estimate of drug-likeness (QED) is 0.722. The van der Waals surface area contributed by atoms with Gasteiger partial charge in [-0.2, -0.15) is 0 Å². The number of hydrogen-bond acceptors (Lipinski definition) is 4. The number of methoxy groups -OCH3 is 1. The lowest BCUT2D eigenvalue weighted by Gasteiger charge is -2.24. The SMILES string of the molecule is CCCC(C)(N)C(=O)NCC(C)COc1ccccc1OC.Cl. The highest BCUT2D eigenvalue weighted by Crippen LogP contribution is 2.26. The minimum absolute atomic E-state index is 0. The smallest absolute Gasteiger partial charge is 0.239 e. The third-order valence-corrected chi connectivity index (χ3v) is 3.49. The summed E-state index contributed by atoms with van der Waals surface area (Å²) in [5.74, 6) is 1.47. The van der Waals surface area contributed by atoms with Crippen molar-refractivity contribution in [3.05, 3.63) is 24.3 Å². The number of nitrogens with one attached hydrogen (secondary N) is 1. The first-order valence-electron chi connectivity index (χ1n) is 7.73. The van der Waals surface area contributed by atoms with Crippen molar-refractivity contribution in [3.63, 3.8) is 0 Å². The first kappa shape index (κ1) is 21.5. The molecule has 0 aliphatic rings. The molecule has 2 unspecified atom stereocenters. The number of nitrogens with two attached hydrogens (primary N) is 1. The summed E-state index contributed by atoms with van der Waals surface area (Å²) in [5, 5.41) is 2.90. The van der Waals surface area contributed by atoms with Gasteiger partial charge in [0, 0.05) is 12.5 Å². The molecule has 0 aliphatic carbocycles. The lowest BCUT2D eigenvalue weighted by atomic mass is 9.96. The molecule has 2 atom stereocenters. The monoisotopic (exact) mass is 344 g/mol. The zero-order valence-corrected chi connectivity index (χ0v) is 15.2. The molecule has 0 aromatic heterocycles. The van der Waals surface area contributed by atoms with Gasteiger partial charge in [-0.05, 0) is 25.5 Å². The maximum atomic E-state index is 12.0. The number of benzene rings is 1. The molecule has 23 heavy (non-hydrogen) atoms. The lowest BCUT2D eigenvalue weighted by Crippen LogP contribution is -2.52. The fourth-order valence-corrected chi connectivity index (χ4v) is 2.13. The van der Waals surface area contributed by atoms with Gasteiger partial charge >= 0.3 is 0 Å². The molecule has 0 aliphatic heterocycles. The van der Waals surface area contributed by atoms with Crippen molar-refractivity contribution >= 4 is 18.3 Å². The molecular formula is C17H29ClN2O3. The Balaban J connectivity index is 0.00000484. The molecule has 0 radical (unpaired) electrons. The molecule has 0 bridgehead atoms. The minimum atomic E-state index is -0.808. The normalized spacial score (nSPS) is 14.1. The number of para-hydroxylation sites is 2. The fraction of sp³-hybridized carbons (Fsp3) is 0.588. The van der Waals surface area contributed by atoms with Crippen molar-refractivity contribution in [2.45, 2.75) is 39.2 Å². The van der Waals surface area contributed by atoms with Crippen LogP contribution in [0.25, 0.3) is 0 Å². The largest absolute Gasteiger partial charge is 0.493 e. The third kappa shape index (κ3) is 7.10. The first-order valence-corrected chi connectivity index (χ1v) is 7.73. The Bertz CT molecular complexity index is 481. The molecule has 5 nitrogen and oxygen atoms in total. The molecule has 132 valence electrons. The summed E-state index contributed by atoms with van der Waals surface area (Å²) >= 11 is 0. The number of halogens is 1. The summed E-state index contributed by atoms with van der Waals surface area (Å²) in [7, 11) is 1.61. The van der Waals surface area contributed by atoms with Crippen LogP contribution in [0.3, 0.4) is 0 Å². The van der Waals surface area contributed by atoms with Gasteiger partial charge in [-0.25, -0.2) is 0 Å². The van der Waals surface area contributed by atoms with Crippen LogP contribution in [-0.4, -0.2) is 31.7 Å². The van der Waals surface area contributed by atoms with E-state index in [1.165, 1.54) is 0 Å². The van der Waals surface area contributed by atoms with E-state index in [0.29, 0.717) is 31.1 Å².